The van der Waals surface area contributed by atoms with Crippen molar-refractivity contribution in [2.24, 2.45) is 5.92 Å². The Balaban J connectivity index is 2.39. The second kappa shape index (κ2) is 8.69. The molecular weight excluding hydrogens is 270 g/mol. The van der Waals surface area contributed by atoms with E-state index in [9.17, 15) is 10.1 Å². The maximum absolute atomic E-state index is 11.0. The fourth-order valence-corrected chi connectivity index (χ4v) is 2.00. The van der Waals surface area contributed by atoms with Gasteiger partial charge in [0.05, 0.1) is 17.2 Å². The quantitative estimate of drug-likeness (QED) is 0.430. The third kappa shape index (κ3) is 5.77. The third-order valence-electron chi connectivity index (χ3n) is 3.31. The van der Waals surface area contributed by atoms with Gasteiger partial charge in [-0.2, -0.15) is 0 Å². The highest BCUT2D eigenvalue weighted by atomic mass is 16.6. The van der Waals surface area contributed by atoms with E-state index in [0.717, 1.165) is 18.7 Å². The normalized spacial score (nSPS) is 11.1. The summed E-state index contributed by atoms with van der Waals surface area (Å²) in [5.74, 6) is 0.651. The average Bonchev–Trinajstić information content (AvgIpc) is 2.39. The van der Waals surface area contributed by atoms with Gasteiger partial charge in [-0.25, -0.2) is 0 Å². The largest absolute Gasteiger partial charge is 0.380 e. The number of nitro groups is 1. The Morgan fingerprint density at radius 3 is 2.71 bits per heavy atom. The molecule has 0 aliphatic carbocycles. The minimum Gasteiger partial charge on any atom is -0.380 e. The van der Waals surface area contributed by atoms with Crippen LogP contribution in [-0.2, 0) is 11.3 Å². The second-order valence-electron chi connectivity index (χ2n) is 5.59. The molecule has 0 fully saturated rings. The van der Waals surface area contributed by atoms with Crippen LogP contribution in [0.1, 0.15) is 37.1 Å². The lowest BCUT2D eigenvalue weighted by Crippen LogP contribution is -2.21. The van der Waals surface area contributed by atoms with E-state index in [1.807, 2.05) is 0 Å². The van der Waals surface area contributed by atoms with Gasteiger partial charge in [-0.3, -0.25) is 15.1 Å². The minimum absolute atomic E-state index is 0.162. The van der Waals surface area contributed by atoms with Gasteiger partial charge in [0.15, 0.2) is 0 Å². The monoisotopic (exact) mass is 295 g/mol. The number of hydrogen-bond acceptors (Lipinski definition) is 5. The van der Waals surface area contributed by atoms with Gasteiger partial charge < -0.3 is 10.1 Å². The molecular formula is C15H25N3O3. The van der Waals surface area contributed by atoms with Gasteiger partial charge in [0.2, 0.25) is 0 Å². The second-order valence-corrected chi connectivity index (χ2v) is 5.59. The lowest BCUT2D eigenvalue weighted by Gasteiger charge is -2.09. The predicted octanol–water partition coefficient (Wildman–Crippen LogP) is 2.76. The Morgan fingerprint density at radius 1 is 1.38 bits per heavy atom. The molecule has 0 spiro atoms. The summed E-state index contributed by atoms with van der Waals surface area (Å²) in [7, 11) is 0. The molecule has 0 atom stereocenters. The first-order chi connectivity index (χ1) is 9.93. The Kier molecular flexibility index (Phi) is 7.25. The molecule has 0 saturated heterocycles. The molecule has 1 heterocycles. The van der Waals surface area contributed by atoms with Gasteiger partial charge in [0.25, 0.3) is 5.69 Å². The van der Waals surface area contributed by atoms with Crippen molar-refractivity contribution in [2.75, 3.05) is 19.8 Å². The SMILES string of the molecule is Cc1cnc(CNCCOCCC(C)C)c(C)c1[N+](=O)[O-]. The summed E-state index contributed by atoms with van der Waals surface area (Å²) in [4.78, 5) is 15.0. The summed E-state index contributed by atoms with van der Waals surface area (Å²) < 4.78 is 5.50. The number of nitrogens with zero attached hydrogens (tertiary/aromatic N) is 2. The van der Waals surface area contributed by atoms with E-state index in [-0.39, 0.29) is 10.6 Å². The topological polar surface area (TPSA) is 77.3 Å². The number of hydrogen-bond donors (Lipinski definition) is 1. The van der Waals surface area contributed by atoms with Gasteiger partial charge in [0, 0.05) is 37.0 Å². The van der Waals surface area contributed by atoms with Crippen LogP contribution in [0.4, 0.5) is 5.69 Å². The predicted molar refractivity (Wildman–Crippen MR) is 82.3 cm³/mol. The van der Waals surface area contributed by atoms with Crippen molar-refractivity contribution < 1.29 is 9.66 Å². The van der Waals surface area contributed by atoms with Crippen LogP contribution in [0, 0.1) is 29.9 Å². The Morgan fingerprint density at radius 2 is 2.10 bits per heavy atom. The highest BCUT2D eigenvalue weighted by Crippen LogP contribution is 2.23. The smallest absolute Gasteiger partial charge is 0.278 e. The molecule has 0 aliphatic heterocycles. The number of rotatable bonds is 9. The Hall–Kier alpha value is -1.53. The minimum atomic E-state index is -0.342. The first kappa shape index (κ1) is 17.5. The highest BCUT2D eigenvalue weighted by molar-refractivity contribution is 5.47. The zero-order chi connectivity index (χ0) is 15.8. The summed E-state index contributed by atoms with van der Waals surface area (Å²) in [5.41, 5.74) is 2.11. The van der Waals surface area contributed by atoms with Crippen LogP contribution in [0.15, 0.2) is 6.20 Å². The van der Waals surface area contributed by atoms with Crippen molar-refractivity contribution in [2.45, 2.75) is 40.7 Å². The van der Waals surface area contributed by atoms with Gasteiger partial charge in [-0.15, -0.1) is 0 Å². The molecule has 0 saturated carbocycles. The van der Waals surface area contributed by atoms with Crippen LogP contribution >= 0.6 is 0 Å². The van der Waals surface area contributed by atoms with Crippen molar-refractivity contribution in [1.29, 1.82) is 0 Å². The fourth-order valence-electron chi connectivity index (χ4n) is 2.00. The van der Waals surface area contributed by atoms with Gasteiger partial charge in [-0.05, 0) is 26.2 Å². The molecule has 1 aromatic rings. The maximum Gasteiger partial charge on any atom is 0.278 e. The van der Waals surface area contributed by atoms with Crippen molar-refractivity contribution in [1.82, 2.24) is 10.3 Å². The van der Waals surface area contributed by atoms with Crippen molar-refractivity contribution >= 4 is 5.69 Å². The van der Waals surface area contributed by atoms with Gasteiger partial charge in [0.1, 0.15) is 0 Å². The van der Waals surface area contributed by atoms with Crippen LogP contribution in [0.2, 0.25) is 0 Å². The zero-order valence-electron chi connectivity index (χ0n) is 13.3. The Bertz CT molecular complexity index is 475. The van der Waals surface area contributed by atoms with Crippen LogP contribution in [-0.4, -0.2) is 29.7 Å². The molecule has 0 aromatic carbocycles. The molecule has 0 unspecified atom stereocenters. The molecule has 0 radical (unpaired) electrons. The van der Waals surface area contributed by atoms with Crippen LogP contribution in [0.5, 0.6) is 0 Å². The van der Waals surface area contributed by atoms with E-state index >= 15 is 0 Å². The van der Waals surface area contributed by atoms with Crippen molar-refractivity contribution in [3.8, 4) is 0 Å². The third-order valence-corrected chi connectivity index (χ3v) is 3.31. The molecule has 0 bridgehead atoms. The lowest BCUT2D eigenvalue weighted by atomic mass is 10.1. The van der Waals surface area contributed by atoms with Crippen LogP contribution in [0.3, 0.4) is 0 Å². The summed E-state index contributed by atoms with van der Waals surface area (Å²) in [6, 6.07) is 0. The number of aryl methyl sites for hydroxylation is 1. The van der Waals surface area contributed by atoms with E-state index in [1.54, 1.807) is 20.0 Å². The highest BCUT2D eigenvalue weighted by Gasteiger charge is 2.18. The number of aromatic nitrogens is 1. The molecule has 0 amide bonds. The van der Waals surface area contributed by atoms with E-state index in [2.05, 4.69) is 24.1 Å². The molecule has 6 heteroatoms. The van der Waals surface area contributed by atoms with E-state index in [0.29, 0.717) is 36.7 Å². The van der Waals surface area contributed by atoms with Crippen molar-refractivity contribution in [3.63, 3.8) is 0 Å². The molecule has 0 aliphatic rings. The average molecular weight is 295 g/mol. The molecule has 118 valence electrons. The van der Waals surface area contributed by atoms with Gasteiger partial charge in [-0.1, -0.05) is 13.8 Å². The number of nitrogens with one attached hydrogen (secondary N) is 1. The molecule has 6 nitrogen and oxygen atoms in total. The first-order valence-corrected chi connectivity index (χ1v) is 7.31. The zero-order valence-corrected chi connectivity index (χ0v) is 13.3. The van der Waals surface area contributed by atoms with E-state index < -0.39 is 0 Å². The van der Waals surface area contributed by atoms with E-state index in [1.165, 1.54) is 0 Å². The lowest BCUT2D eigenvalue weighted by molar-refractivity contribution is -0.386. The number of pyridine rings is 1. The molecule has 1 aromatic heterocycles. The number of ether oxygens (including phenoxy) is 1. The molecule has 1 rings (SSSR count). The summed E-state index contributed by atoms with van der Waals surface area (Å²) in [5, 5.41) is 14.2. The van der Waals surface area contributed by atoms with Crippen molar-refractivity contribution in [3.05, 3.63) is 33.1 Å². The van der Waals surface area contributed by atoms with E-state index in [4.69, 9.17) is 4.74 Å². The van der Waals surface area contributed by atoms with Crippen LogP contribution < -0.4 is 5.32 Å². The van der Waals surface area contributed by atoms with Crippen LogP contribution in [0.25, 0.3) is 0 Å². The Labute approximate surface area is 126 Å². The molecule has 1 N–H and O–H groups in total. The first-order valence-electron chi connectivity index (χ1n) is 7.31. The summed E-state index contributed by atoms with van der Waals surface area (Å²) in [6.07, 6.45) is 2.62. The van der Waals surface area contributed by atoms with Gasteiger partial charge >= 0.3 is 0 Å². The maximum atomic E-state index is 11.0. The standard InChI is InChI=1S/C15H25N3O3/c1-11(2)5-7-21-8-6-16-10-14-13(4)15(18(19)20)12(3)9-17-14/h9,11,16H,5-8,10H2,1-4H3. The summed E-state index contributed by atoms with van der Waals surface area (Å²) in [6.45, 7) is 10.4. The molecule has 21 heavy (non-hydrogen) atoms. The summed E-state index contributed by atoms with van der Waals surface area (Å²) >= 11 is 0. The fraction of sp³-hybridized carbons (Fsp3) is 0.667.